The molecule has 1 unspecified atom stereocenters. The second-order valence-electron chi connectivity index (χ2n) is 8.27. The molecular formula is C30H24N2. The fourth-order valence-electron chi connectivity index (χ4n) is 5.08. The molecule has 1 aliphatic rings. The van der Waals surface area contributed by atoms with E-state index in [0.717, 1.165) is 11.4 Å². The van der Waals surface area contributed by atoms with Gasteiger partial charge in [0, 0.05) is 38.8 Å². The van der Waals surface area contributed by atoms with E-state index < -0.39 is 0 Å². The Kier molecular flexibility index (Phi) is 4.26. The smallest absolute Gasteiger partial charge is 0.0704 e. The van der Waals surface area contributed by atoms with Crippen molar-refractivity contribution in [2.45, 2.75) is 13.0 Å². The van der Waals surface area contributed by atoms with E-state index in [-0.39, 0.29) is 6.04 Å². The maximum Gasteiger partial charge on any atom is 0.0704 e. The number of hydrogen-bond acceptors (Lipinski definition) is 1. The molecule has 0 amide bonds. The highest BCUT2D eigenvalue weighted by atomic mass is 15.0. The summed E-state index contributed by atoms with van der Waals surface area (Å²) < 4.78 is 2.39. The van der Waals surface area contributed by atoms with Crippen LogP contribution in [0.15, 0.2) is 110 Å². The van der Waals surface area contributed by atoms with E-state index >= 15 is 0 Å². The standard InChI is InChI=1S/C30H24N2/c1-3-11-20(4-2)32-29-17-10-8-15-24(29)26-18-25-22-13-6-5-12-21(22)23-14-7-9-16-27(23)31-28(25)19-30(26)32/h3-20,31H,2H2,1H3/b11-3-. The summed E-state index contributed by atoms with van der Waals surface area (Å²) in [6.45, 7) is 6.18. The molecule has 0 saturated carbocycles. The fraction of sp³-hybridized carbons (Fsp3) is 0.0667. The molecule has 1 atom stereocenters. The van der Waals surface area contributed by atoms with Crippen LogP contribution < -0.4 is 5.32 Å². The van der Waals surface area contributed by atoms with Gasteiger partial charge in [0.15, 0.2) is 0 Å². The van der Waals surface area contributed by atoms with Gasteiger partial charge in [-0.3, -0.25) is 0 Å². The van der Waals surface area contributed by atoms with Gasteiger partial charge < -0.3 is 9.88 Å². The molecule has 4 aromatic carbocycles. The zero-order chi connectivity index (χ0) is 21.7. The monoisotopic (exact) mass is 412 g/mol. The Labute approximate surface area is 188 Å². The number of anilines is 2. The van der Waals surface area contributed by atoms with E-state index in [1.54, 1.807) is 0 Å². The van der Waals surface area contributed by atoms with Crippen LogP contribution >= 0.6 is 0 Å². The molecule has 154 valence electrons. The number of rotatable bonds is 3. The topological polar surface area (TPSA) is 17.0 Å². The molecule has 2 nitrogen and oxygen atoms in total. The molecule has 0 radical (unpaired) electrons. The van der Waals surface area contributed by atoms with Crippen LogP contribution in [0.3, 0.4) is 0 Å². The van der Waals surface area contributed by atoms with Crippen LogP contribution in [0.4, 0.5) is 11.4 Å². The number of nitrogens with one attached hydrogen (secondary N) is 1. The predicted octanol–water partition coefficient (Wildman–Crippen LogP) is 8.49. The minimum Gasteiger partial charge on any atom is -0.354 e. The van der Waals surface area contributed by atoms with Gasteiger partial charge in [0.25, 0.3) is 0 Å². The maximum absolute atomic E-state index is 4.12. The van der Waals surface area contributed by atoms with Crippen molar-refractivity contribution in [1.82, 2.24) is 4.57 Å². The third-order valence-electron chi connectivity index (χ3n) is 6.48. The van der Waals surface area contributed by atoms with Crippen molar-refractivity contribution in [2.75, 3.05) is 5.32 Å². The number of para-hydroxylation sites is 2. The lowest BCUT2D eigenvalue weighted by atomic mass is 9.94. The number of benzene rings is 4. The van der Waals surface area contributed by atoms with E-state index in [0.29, 0.717) is 0 Å². The second kappa shape index (κ2) is 7.28. The number of hydrogen-bond donors (Lipinski definition) is 1. The molecule has 1 aliphatic heterocycles. The first kappa shape index (κ1) is 18.7. The van der Waals surface area contributed by atoms with Gasteiger partial charge in [0.1, 0.15) is 0 Å². The van der Waals surface area contributed by atoms with Crippen LogP contribution in [0.5, 0.6) is 0 Å². The molecular weight excluding hydrogens is 388 g/mol. The van der Waals surface area contributed by atoms with Gasteiger partial charge in [-0.2, -0.15) is 0 Å². The largest absolute Gasteiger partial charge is 0.354 e. The Balaban J connectivity index is 1.74. The summed E-state index contributed by atoms with van der Waals surface area (Å²) in [7, 11) is 0. The summed E-state index contributed by atoms with van der Waals surface area (Å²) in [5, 5.41) is 6.27. The third kappa shape index (κ3) is 2.66. The second-order valence-corrected chi connectivity index (χ2v) is 8.27. The first-order valence-corrected chi connectivity index (χ1v) is 11.1. The molecule has 1 aromatic heterocycles. The Morgan fingerprint density at radius 1 is 0.719 bits per heavy atom. The summed E-state index contributed by atoms with van der Waals surface area (Å²) in [6.07, 6.45) is 6.30. The predicted molar refractivity (Wildman–Crippen MR) is 138 cm³/mol. The van der Waals surface area contributed by atoms with Gasteiger partial charge in [-0.15, -0.1) is 6.58 Å². The number of fused-ring (bicyclic) bond motifs is 8. The maximum atomic E-state index is 4.12. The molecule has 6 rings (SSSR count). The van der Waals surface area contributed by atoms with Crippen molar-refractivity contribution >= 4 is 33.2 Å². The van der Waals surface area contributed by atoms with E-state index in [9.17, 15) is 0 Å². The molecule has 0 aliphatic carbocycles. The van der Waals surface area contributed by atoms with Gasteiger partial charge in [0.2, 0.25) is 0 Å². The van der Waals surface area contributed by atoms with Crippen LogP contribution in [0.25, 0.3) is 44.1 Å². The van der Waals surface area contributed by atoms with Gasteiger partial charge in [-0.25, -0.2) is 0 Å². The molecule has 32 heavy (non-hydrogen) atoms. The zero-order valence-electron chi connectivity index (χ0n) is 18.0. The fourth-order valence-corrected chi connectivity index (χ4v) is 5.08. The van der Waals surface area contributed by atoms with Crippen LogP contribution in [-0.2, 0) is 0 Å². The van der Waals surface area contributed by atoms with Crippen molar-refractivity contribution in [2.24, 2.45) is 0 Å². The lowest BCUT2D eigenvalue weighted by Crippen LogP contribution is -2.03. The van der Waals surface area contributed by atoms with Crippen LogP contribution in [0.1, 0.15) is 13.0 Å². The lowest BCUT2D eigenvalue weighted by molar-refractivity contribution is 0.782. The number of allylic oxidation sites excluding steroid dienone is 3. The van der Waals surface area contributed by atoms with E-state index in [1.165, 1.54) is 44.1 Å². The van der Waals surface area contributed by atoms with Crippen LogP contribution in [0, 0.1) is 0 Å². The third-order valence-corrected chi connectivity index (χ3v) is 6.48. The van der Waals surface area contributed by atoms with Crippen molar-refractivity contribution < 1.29 is 0 Å². The highest BCUT2D eigenvalue weighted by Crippen LogP contribution is 2.47. The summed E-state index contributed by atoms with van der Waals surface area (Å²) >= 11 is 0. The lowest BCUT2D eigenvalue weighted by Gasteiger charge is -2.16. The minimum atomic E-state index is 0.0887. The Hall–Kier alpha value is -4.04. The summed E-state index contributed by atoms with van der Waals surface area (Å²) in [6, 6.07) is 30.7. The molecule has 0 fully saturated rings. The first-order valence-electron chi connectivity index (χ1n) is 11.1. The summed E-state index contributed by atoms with van der Waals surface area (Å²) in [5.41, 5.74) is 9.67. The van der Waals surface area contributed by atoms with Gasteiger partial charge in [-0.1, -0.05) is 78.9 Å². The zero-order valence-corrected chi connectivity index (χ0v) is 18.0. The first-order chi connectivity index (χ1) is 15.8. The van der Waals surface area contributed by atoms with E-state index in [1.807, 2.05) is 6.08 Å². The van der Waals surface area contributed by atoms with Gasteiger partial charge in [0.05, 0.1) is 11.6 Å². The molecule has 0 spiro atoms. The van der Waals surface area contributed by atoms with Crippen molar-refractivity contribution in [3.8, 4) is 22.3 Å². The van der Waals surface area contributed by atoms with E-state index in [2.05, 4.69) is 120 Å². The minimum absolute atomic E-state index is 0.0887. The Bertz CT molecular complexity index is 1530. The Morgan fingerprint density at radius 3 is 2.19 bits per heavy atom. The van der Waals surface area contributed by atoms with Gasteiger partial charge in [-0.05, 0) is 42.3 Å². The summed E-state index contributed by atoms with van der Waals surface area (Å²) in [5.74, 6) is 0. The van der Waals surface area contributed by atoms with Crippen molar-refractivity contribution in [3.05, 3.63) is 110 Å². The average molecular weight is 413 g/mol. The average Bonchev–Trinajstić information content (AvgIpc) is 3.07. The highest BCUT2D eigenvalue weighted by Gasteiger charge is 2.22. The highest BCUT2D eigenvalue weighted by molar-refractivity contribution is 6.13. The molecule has 0 bridgehead atoms. The number of nitrogens with zero attached hydrogens (tertiary/aromatic N) is 1. The van der Waals surface area contributed by atoms with E-state index in [4.69, 9.17) is 0 Å². The normalized spacial score (nSPS) is 13.3. The molecule has 5 aromatic rings. The van der Waals surface area contributed by atoms with Crippen molar-refractivity contribution in [1.29, 1.82) is 0 Å². The van der Waals surface area contributed by atoms with Crippen molar-refractivity contribution in [3.63, 3.8) is 0 Å². The molecule has 0 saturated heterocycles. The van der Waals surface area contributed by atoms with Crippen LogP contribution in [-0.4, -0.2) is 4.57 Å². The Morgan fingerprint density at radius 2 is 1.41 bits per heavy atom. The number of aromatic nitrogens is 1. The molecule has 1 N–H and O–H groups in total. The molecule has 2 heteroatoms. The molecule has 2 heterocycles. The van der Waals surface area contributed by atoms with Gasteiger partial charge >= 0.3 is 0 Å². The SMILES string of the molecule is C=CC(/C=C\C)n1c2ccccc2c2cc3c(cc21)Nc1ccccc1-c1ccccc1-3. The summed E-state index contributed by atoms with van der Waals surface area (Å²) in [4.78, 5) is 0. The van der Waals surface area contributed by atoms with Crippen LogP contribution in [0.2, 0.25) is 0 Å². The quantitative estimate of drug-likeness (QED) is 0.288.